The number of unbranched alkanes of at least 4 members (excludes halogenated alkanes) is 1. The second kappa shape index (κ2) is 7.26. The van der Waals surface area contributed by atoms with Gasteiger partial charge in [0.1, 0.15) is 18.6 Å². The molecule has 3 nitrogen and oxygen atoms in total. The second-order valence-electron chi connectivity index (χ2n) is 3.45. The van der Waals surface area contributed by atoms with E-state index in [0.717, 1.165) is 25.1 Å². The van der Waals surface area contributed by atoms with Crippen LogP contribution in [0.25, 0.3) is 0 Å². The van der Waals surface area contributed by atoms with Crippen molar-refractivity contribution in [3.63, 3.8) is 0 Å². The molecule has 1 aromatic carbocycles. The lowest BCUT2D eigenvalue weighted by atomic mass is 10.3. The Morgan fingerprint density at radius 3 is 2.73 bits per heavy atom. The Balaban J connectivity index is 2.14. The number of hydrogen-bond acceptors (Lipinski definition) is 3. The number of aliphatic hydroxyl groups excluding tert-OH is 1. The minimum atomic E-state index is -0.586. The first-order chi connectivity index (χ1) is 7.33. The van der Waals surface area contributed by atoms with E-state index in [9.17, 15) is 5.11 Å². The minimum Gasteiger partial charge on any atom is -0.489 e. The Morgan fingerprint density at radius 1 is 1.33 bits per heavy atom. The summed E-state index contributed by atoms with van der Waals surface area (Å²) in [6, 6.07) is 9.50. The fraction of sp³-hybridized carbons (Fsp3) is 0.500. The summed E-state index contributed by atoms with van der Waals surface area (Å²) in [5, 5.41) is 12.5. The predicted octanol–water partition coefficient (Wildman–Crippen LogP) is 1.77. The molecule has 0 radical (unpaired) electrons. The normalized spacial score (nSPS) is 12.4. The maximum absolute atomic E-state index is 9.50. The Kier molecular flexibility index (Phi) is 5.81. The molecule has 84 valence electrons. The molecule has 0 saturated carbocycles. The van der Waals surface area contributed by atoms with Gasteiger partial charge >= 0.3 is 0 Å². The Morgan fingerprint density at radius 2 is 2.07 bits per heavy atom. The summed E-state index contributed by atoms with van der Waals surface area (Å²) < 4.78 is 5.39. The monoisotopic (exact) mass is 209 g/mol. The molecule has 0 bridgehead atoms. The third kappa shape index (κ3) is 5.40. The van der Waals surface area contributed by atoms with Crippen molar-refractivity contribution in [1.29, 1.82) is 0 Å². The van der Waals surface area contributed by atoms with Crippen LogP contribution < -0.4 is 10.1 Å². The molecule has 0 heterocycles. The van der Waals surface area contributed by atoms with Gasteiger partial charge in [-0.2, -0.15) is 0 Å². The fourth-order valence-electron chi connectivity index (χ4n) is 1.20. The molecule has 0 spiro atoms. The van der Waals surface area contributed by atoms with E-state index in [4.69, 9.17) is 4.74 Å². The summed E-state index contributed by atoms with van der Waals surface area (Å²) in [4.78, 5) is 0. The van der Waals surface area contributed by atoms with Gasteiger partial charge in [0.2, 0.25) is 0 Å². The van der Waals surface area contributed by atoms with Gasteiger partial charge < -0.3 is 9.84 Å². The lowest BCUT2D eigenvalue weighted by molar-refractivity contribution is 0.0789. The molecule has 0 unspecified atom stereocenters. The van der Waals surface area contributed by atoms with Crippen LogP contribution in [0.1, 0.15) is 19.8 Å². The van der Waals surface area contributed by atoms with Crippen molar-refractivity contribution in [3.05, 3.63) is 30.3 Å². The van der Waals surface area contributed by atoms with Gasteiger partial charge in [-0.25, -0.2) is 0 Å². The molecule has 1 rings (SSSR count). The zero-order valence-corrected chi connectivity index (χ0v) is 9.15. The maximum atomic E-state index is 9.50. The van der Waals surface area contributed by atoms with Gasteiger partial charge in [0.25, 0.3) is 0 Å². The number of aliphatic hydroxyl groups is 1. The molecule has 0 aliphatic carbocycles. The number of ether oxygens (including phenoxy) is 1. The number of nitrogens with one attached hydrogen (secondary N) is 1. The zero-order valence-electron chi connectivity index (χ0n) is 9.15. The van der Waals surface area contributed by atoms with Gasteiger partial charge in [0.15, 0.2) is 0 Å². The highest BCUT2D eigenvalue weighted by Crippen LogP contribution is 2.07. The van der Waals surface area contributed by atoms with Crippen LogP contribution in [-0.4, -0.2) is 24.5 Å². The summed E-state index contributed by atoms with van der Waals surface area (Å²) in [5.41, 5.74) is 0. The van der Waals surface area contributed by atoms with E-state index in [2.05, 4.69) is 12.2 Å². The molecule has 1 atom stereocenters. The van der Waals surface area contributed by atoms with Crippen LogP contribution in [0.15, 0.2) is 30.3 Å². The minimum absolute atomic E-state index is 0.285. The molecule has 15 heavy (non-hydrogen) atoms. The molecular weight excluding hydrogens is 190 g/mol. The predicted molar refractivity (Wildman–Crippen MR) is 60.9 cm³/mol. The summed E-state index contributed by atoms with van der Waals surface area (Å²) in [6.45, 7) is 3.23. The largest absolute Gasteiger partial charge is 0.489 e. The molecule has 0 amide bonds. The van der Waals surface area contributed by atoms with Crippen LogP contribution >= 0.6 is 0 Å². The number of benzene rings is 1. The Hall–Kier alpha value is -1.06. The van der Waals surface area contributed by atoms with E-state index in [1.165, 1.54) is 0 Å². The van der Waals surface area contributed by atoms with E-state index in [1.807, 2.05) is 30.3 Å². The van der Waals surface area contributed by atoms with Crippen molar-refractivity contribution in [2.75, 3.05) is 13.2 Å². The third-order valence-electron chi connectivity index (χ3n) is 2.06. The van der Waals surface area contributed by atoms with Gasteiger partial charge in [-0.1, -0.05) is 31.5 Å². The second-order valence-corrected chi connectivity index (χ2v) is 3.45. The summed E-state index contributed by atoms with van der Waals surface area (Å²) in [6.07, 6.45) is 1.61. The van der Waals surface area contributed by atoms with Gasteiger partial charge in [-0.15, -0.1) is 0 Å². The first-order valence-corrected chi connectivity index (χ1v) is 5.42. The summed E-state index contributed by atoms with van der Waals surface area (Å²) >= 11 is 0. The molecule has 0 fully saturated rings. The molecule has 0 aromatic heterocycles. The van der Waals surface area contributed by atoms with Gasteiger partial charge in [0, 0.05) is 0 Å². The smallest absolute Gasteiger partial charge is 0.139 e. The quantitative estimate of drug-likeness (QED) is 0.531. The summed E-state index contributed by atoms with van der Waals surface area (Å²) in [5.74, 6) is 0.786. The maximum Gasteiger partial charge on any atom is 0.139 e. The summed E-state index contributed by atoms with van der Waals surface area (Å²) in [7, 11) is 0. The van der Waals surface area contributed by atoms with Crippen molar-refractivity contribution in [3.8, 4) is 5.75 Å². The van der Waals surface area contributed by atoms with E-state index < -0.39 is 6.23 Å². The average Bonchev–Trinajstić information content (AvgIpc) is 2.28. The van der Waals surface area contributed by atoms with Crippen LogP contribution in [0.3, 0.4) is 0 Å². The molecule has 3 heteroatoms. The number of rotatable bonds is 7. The highest BCUT2D eigenvalue weighted by molar-refractivity contribution is 5.20. The Labute approximate surface area is 91.1 Å². The molecule has 0 aliphatic rings. The SMILES string of the molecule is CCCCN[C@@H](O)COc1ccccc1. The first kappa shape index (κ1) is 12.0. The highest BCUT2D eigenvalue weighted by atomic mass is 16.5. The topological polar surface area (TPSA) is 41.5 Å². The zero-order chi connectivity index (χ0) is 10.9. The van der Waals surface area contributed by atoms with Crippen molar-refractivity contribution in [2.24, 2.45) is 0 Å². The lowest BCUT2D eigenvalue weighted by Crippen LogP contribution is -2.34. The van der Waals surface area contributed by atoms with Crippen molar-refractivity contribution >= 4 is 0 Å². The van der Waals surface area contributed by atoms with Gasteiger partial charge in [0.05, 0.1) is 0 Å². The molecule has 0 saturated heterocycles. The van der Waals surface area contributed by atoms with Gasteiger partial charge in [-0.3, -0.25) is 5.32 Å². The van der Waals surface area contributed by atoms with Crippen molar-refractivity contribution in [2.45, 2.75) is 26.0 Å². The van der Waals surface area contributed by atoms with E-state index in [0.29, 0.717) is 0 Å². The molecule has 0 aliphatic heterocycles. The lowest BCUT2D eigenvalue weighted by Gasteiger charge is -2.13. The van der Waals surface area contributed by atoms with Crippen LogP contribution in [0.4, 0.5) is 0 Å². The van der Waals surface area contributed by atoms with E-state index >= 15 is 0 Å². The van der Waals surface area contributed by atoms with Crippen LogP contribution in [0.5, 0.6) is 5.75 Å². The molecule has 1 aromatic rings. The first-order valence-electron chi connectivity index (χ1n) is 5.42. The Bertz CT molecular complexity index is 251. The van der Waals surface area contributed by atoms with Crippen LogP contribution in [0.2, 0.25) is 0 Å². The number of hydrogen-bond donors (Lipinski definition) is 2. The van der Waals surface area contributed by atoms with E-state index in [-0.39, 0.29) is 6.61 Å². The van der Waals surface area contributed by atoms with E-state index in [1.54, 1.807) is 0 Å². The van der Waals surface area contributed by atoms with Crippen molar-refractivity contribution < 1.29 is 9.84 Å². The third-order valence-corrected chi connectivity index (χ3v) is 2.06. The molecular formula is C12H19NO2. The van der Waals surface area contributed by atoms with Gasteiger partial charge in [-0.05, 0) is 25.1 Å². The van der Waals surface area contributed by atoms with Crippen molar-refractivity contribution in [1.82, 2.24) is 5.32 Å². The average molecular weight is 209 g/mol. The van der Waals surface area contributed by atoms with Crippen LogP contribution in [0, 0.1) is 0 Å². The number of para-hydroxylation sites is 1. The fourth-order valence-corrected chi connectivity index (χ4v) is 1.20. The highest BCUT2D eigenvalue weighted by Gasteiger charge is 2.02. The molecule has 2 N–H and O–H groups in total. The standard InChI is InChI=1S/C12H19NO2/c1-2-3-9-13-12(14)10-15-11-7-5-4-6-8-11/h4-8,12-14H,2-3,9-10H2,1H3/t12-/m0/s1. The van der Waals surface area contributed by atoms with Crippen LogP contribution in [-0.2, 0) is 0 Å².